The summed E-state index contributed by atoms with van der Waals surface area (Å²) in [6, 6.07) is 155. The second kappa shape index (κ2) is 27.5. The van der Waals surface area contributed by atoms with Gasteiger partial charge in [0.25, 0.3) is 0 Å². The fourth-order valence-electron chi connectivity index (χ4n) is 21.4. The molecule has 2 heterocycles. The maximum absolute atomic E-state index is 2.51. The molecule has 3 aliphatic carbocycles. The molecule has 582 valence electrons. The molecule has 123 heavy (non-hydrogen) atoms. The zero-order valence-electron chi connectivity index (χ0n) is 69.5. The minimum atomic E-state index is -0.356. The van der Waals surface area contributed by atoms with Crippen molar-refractivity contribution in [2.75, 3.05) is 9.80 Å². The first kappa shape index (κ1) is 72.0. The predicted molar refractivity (Wildman–Crippen MR) is 519 cm³/mol. The lowest BCUT2D eigenvalue weighted by Crippen LogP contribution is -2.18. The molecule has 4 heteroatoms. The molecule has 0 saturated heterocycles. The van der Waals surface area contributed by atoms with Crippen molar-refractivity contribution in [3.63, 3.8) is 0 Å². The number of hydrogen-bond acceptors (Lipinski definition) is 2. The monoisotopic (exact) mass is 1570 g/mol. The molecule has 19 aromatic carbocycles. The van der Waals surface area contributed by atoms with E-state index in [1.807, 2.05) is 0 Å². The molecule has 2 aromatic heterocycles. The van der Waals surface area contributed by atoms with Gasteiger partial charge in [0.1, 0.15) is 0 Å². The molecule has 0 spiro atoms. The van der Waals surface area contributed by atoms with Gasteiger partial charge in [-0.05, 0) is 296 Å². The third kappa shape index (κ3) is 11.4. The molecule has 24 rings (SSSR count). The van der Waals surface area contributed by atoms with Crippen LogP contribution in [0.5, 0.6) is 0 Å². The largest absolute Gasteiger partial charge is 0.310 e. The summed E-state index contributed by atoms with van der Waals surface area (Å²) in [5, 5.41) is 9.91. The Kier molecular flexibility index (Phi) is 16.1. The molecular formula is C119H86N4. The molecule has 0 aliphatic heterocycles. The molecular weight excluding hydrogens is 1490 g/mol. The van der Waals surface area contributed by atoms with Crippen LogP contribution >= 0.6 is 0 Å². The minimum Gasteiger partial charge on any atom is -0.310 e. The Labute approximate surface area is 717 Å². The van der Waals surface area contributed by atoms with Crippen LogP contribution in [0.15, 0.2) is 413 Å². The van der Waals surface area contributed by atoms with Crippen molar-refractivity contribution >= 4 is 99.3 Å². The second-order valence-corrected chi connectivity index (χ2v) is 35.6. The van der Waals surface area contributed by atoms with E-state index in [1.54, 1.807) is 0 Å². The van der Waals surface area contributed by atoms with Gasteiger partial charge in [-0.25, -0.2) is 0 Å². The smallest absolute Gasteiger partial charge is 0.0541 e. The molecule has 0 bridgehead atoms. The van der Waals surface area contributed by atoms with Gasteiger partial charge in [-0.3, -0.25) is 0 Å². The number of nitrogens with zero attached hydrogens (tertiary/aromatic N) is 4. The standard InChI is InChI=1S/C119H86N4/c1-117(2)107-33-18-15-28-97(107)98-60-57-93(72-109(98)117)121(91-54-46-78(47-55-91)76-38-42-80(43-39-76)85-51-65-115-106(70-85)102-30-17-20-35-113(102)123(115)89-26-11-8-12-27-89)94-59-62-100-104-71-86(49-63-108(104)118(3,4)110(100)73-94)96-31-21-32-103-99-61-58-95(74-111(99)119(5,6)116(96)103)120(92-56-48-83-66-81-22-13-14-23-82(81)67-87(83)68-92)90-52-44-77(45-53-90)75-36-40-79(41-37-75)84-50-64-114-105(69-84)101-29-16-19-34-112(101)122(114)88-24-9-7-10-25-88/h7-74H,1-6H3. The Bertz CT molecular complexity index is 7910. The lowest BCUT2D eigenvalue weighted by molar-refractivity contribution is 0.659. The van der Waals surface area contributed by atoms with Gasteiger partial charge in [0.05, 0.1) is 22.1 Å². The van der Waals surface area contributed by atoms with Crippen molar-refractivity contribution in [1.82, 2.24) is 9.13 Å². The van der Waals surface area contributed by atoms with Gasteiger partial charge in [-0.2, -0.15) is 0 Å². The maximum Gasteiger partial charge on any atom is 0.0541 e. The lowest BCUT2D eigenvalue weighted by Gasteiger charge is -2.30. The number of benzene rings is 19. The van der Waals surface area contributed by atoms with Crippen LogP contribution < -0.4 is 9.80 Å². The summed E-state index contributed by atoms with van der Waals surface area (Å²) in [6.45, 7) is 14.5. The van der Waals surface area contributed by atoms with Crippen LogP contribution in [0.1, 0.15) is 74.9 Å². The van der Waals surface area contributed by atoms with Gasteiger partial charge in [0.15, 0.2) is 0 Å². The van der Waals surface area contributed by atoms with Crippen molar-refractivity contribution < 1.29 is 0 Å². The summed E-state index contributed by atoms with van der Waals surface area (Å²) in [7, 11) is 0. The van der Waals surface area contributed by atoms with Crippen LogP contribution in [0.2, 0.25) is 0 Å². The van der Waals surface area contributed by atoms with Gasteiger partial charge in [0, 0.05) is 83.3 Å². The van der Waals surface area contributed by atoms with E-state index >= 15 is 0 Å². The van der Waals surface area contributed by atoms with E-state index in [4.69, 9.17) is 0 Å². The van der Waals surface area contributed by atoms with E-state index in [-0.39, 0.29) is 16.2 Å². The number of fused-ring (bicyclic) bond motifs is 17. The first-order valence-corrected chi connectivity index (χ1v) is 43.2. The third-order valence-corrected chi connectivity index (χ3v) is 27.6. The van der Waals surface area contributed by atoms with E-state index in [0.29, 0.717) is 0 Å². The molecule has 4 nitrogen and oxygen atoms in total. The van der Waals surface area contributed by atoms with E-state index in [2.05, 4.69) is 473 Å². The molecule has 0 fully saturated rings. The Morgan fingerprint density at radius 3 is 1.04 bits per heavy atom. The first-order valence-electron chi connectivity index (χ1n) is 43.2. The van der Waals surface area contributed by atoms with Gasteiger partial charge in [0.2, 0.25) is 0 Å². The van der Waals surface area contributed by atoms with E-state index in [1.165, 1.54) is 188 Å². The van der Waals surface area contributed by atoms with Crippen LogP contribution in [0.25, 0.3) is 166 Å². The van der Waals surface area contributed by atoms with Crippen LogP contribution in [0, 0.1) is 0 Å². The summed E-state index contributed by atoms with van der Waals surface area (Å²) >= 11 is 0. The normalized spacial score (nSPS) is 13.6. The lowest BCUT2D eigenvalue weighted by atomic mass is 9.78. The summed E-state index contributed by atoms with van der Waals surface area (Å²) in [5.41, 5.74) is 40.8. The third-order valence-electron chi connectivity index (χ3n) is 27.6. The van der Waals surface area contributed by atoms with Crippen LogP contribution in [0.3, 0.4) is 0 Å². The second-order valence-electron chi connectivity index (χ2n) is 35.6. The Morgan fingerprint density at radius 2 is 0.520 bits per heavy atom. The zero-order valence-corrected chi connectivity index (χ0v) is 69.5. The fourth-order valence-corrected chi connectivity index (χ4v) is 21.4. The predicted octanol–water partition coefficient (Wildman–Crippen LogP) is 32.4. The quantitative estimate of drug-likeness (QED) is 0.107. The number of anilines is 6. The van der Waals surface area contributed by atoms with E-state index in [9.17, 15) is 0 Å². The van der Waals surface area contributed by atoms with Gasteiger partial charge >= 0.3 is 0 Å². The van der Waals surface area contributed by atoms with Crippen molar-refractivity contribution in [3.05, 3.63) is 446 Å². The summed E-state index contributed by atoms with van der Waals surface area (Å²) < 4.78 is 4.76. The molecule has 0 amide bonds. The van der Waals surface area contributed by atoms with Crippen molar-refractivity contribution in [2.45, 2.75) is 57.8 Å². The van der Waals surface area contributed by atoms with Gasteiger partial charge < -0.3 is 18.9 Å². The van der Waals surface area contributed by atoms with Crippen LogP contribution in [-0.2, 0) is 16.2 Å². The van der Waals surface area contributed by atoms with Crippen LogP contribution in [0.4, 0.5) is 34.1 Å². The van der Waals surface area contributed by atoms with E-state index in [0.717, 1.165) is 45.5 Å². The average molecular weight is 1570 g/mol. The SMILES string of the molecule is CC1(C)c2ccccc2-c2ccc(N(c3ccc(-c4ccc(-c5ccc6c(c5)c5ccccc5n6-c5ccccc5)cc4)cc3)c3ccc4c(c3)C(C)(C)c3ccc(-c5cccc6c5C(C)(C)c5cc(N(c7ccc(-c8ccc(-c9ccc%10c(c9)c9ccccc9n%10-c9ccccc9)cc8)cc7)c7ccc8cc9ccccc9cc8c7)ccc5-6)cc3-4)cc21. The fraction of sp³-hybridized carbons (Fsp3) is 0.0756. The van der Waals surface area contributed by atoms with E-state index < -0.39 is 0 Å². The summed E-state index contributed by atoms with van der Waals surface area (Å²) in [5.74, 6) is 0. The highest BCUT2D eigenvalue weighted by Gasteiger charge is 2.42. The molecule has 21 aromatic rings. The Hall–Kier alpha value is -15.1. The molecule has 0 atom stereocenters. The number of hydrogen-bond donors (Lipinski definition) is 0. The van der Waals surface area contributed by atoms with Gasteiger partial charge in [-0.1, -0.05) is 302 Å². The van der Waals surface area contributed by atoms with Crippen molar-refractivity contribution in [2.24, 2.45) is 0 Å². The molecule has 0 unspecified atom stereocenters. The maximum atomic E-state index is 2.51. The average Bonchev–Trinajstić information content (AvgIpc) is 1.56. The number of para-hydroxylation sites is 4. The zero-order chi connectivity index (χ0) is 82.1. The highest BCUT2D eigenvalue weighted by Crippen LogP contribution is 2.58. The Morgan fingerprint density at radius 1 is 0.179 bits per heavy atom. The number of aromatic nitrogens is 2. The van der Waals surface area contributed by atoms with Crippen molar-refractivity contribution in [3.8, 4) is 100 Å². The van der Waals surface area contributed by atoms with Crippen LogP contribution in [-0.4, -0.2) is 9.13 Å². The van der Waals surface area contributed by atoms with Crippen molar-refractivity contribution in [1.29, 1.82) is 0 Å². The number of rotatable bonds is 13. The molecule has 0 N–H and O–H groups in total. The van der Waals surface area contributed by atoms with Gasteiger partial charge in [-0.15, -0.1) is 0 Å². The summed E-state index contributed by atoms with van der Waals surface area (Å²) in [6.07, 6.45) is 0. The minimum absolute atomic E-state index is 0.176. The first-order chi connectivity index (χ1) is 60.2. The molecule has 0 saturated carbocycles. The molecule has 0 radical (unpaired) electrons. The topological polar surface area (TPSA) is 16.3 Å². The highest BCUT2D eigenvalue weighted by atomic mass is 15.1. The highest BCUT2D eigenvalue weighted by molar-refractivity contribution is 6.12. The summed E-state index contributed by atoms with van der Waals surface area (Å²) in [4.78, 5) is 4.96. The Balaban J connectivity index is 0.549. The molecule has 3 aliphatic rings.